The molecule has 7 heteroatoms. The number of aliphatic carboxylic acids is 1. The van der Waals surface area contributed by atoms with Gasteiger partial charge in [-0.25, -0.2) is 0 Å². The van der Waals surface area contributed by atoms with Crippen LogP contribution in [0.15, 0.2) is 28.7 Å². The summed E-state index contributed by atoms with van der Waals surface area (Å²) in [6.07, 6.45) is 1.56. The van der Waals surface area contributed by atoms with E-state index in [2.05, 4.69) is 21.2 Å². The lowest BCUT2D eigenvalue weighted by molar-refractivity contribution is -0.139. The van der Waals surface area contributed by atoms with Gasteiger partial charge < -0.3 is 15.2 Å². The molecule has 1 saturated carbocycles. The first kappa shape index (κ1) is 17.7. The zero-order chi connectivity index (χ0) is 16.8. The van der Waals surface area contributed by atoms with Gasteiger partial charge in [0.15, 0.2) is 6.61 Å². The zero-order valence-corrected chi connectivity index (χ0v) is 14.6. The number of hydrogen-bond donors (Lipinski definition) is 2. The second kappa shape index (κ2) is 8.31. The molecule has 126 valence electrons. The molecule has 1 aromatic carbocycles. The van der Waals surface area contributed by atoms with Gasteiger partial charge in [0.2, 0.25) is 0 Å². The molecule has 1 aliphatic carbocycles. The third-order valence-electron chi connectivity index (χ3n) is 3.91. The van der Waals surface area contributed by atoms with Crippen LogP contribution < -0.4 is 10.1 Å². The summed E-state index contributed by atoms with van der Waals surface area (Å²) in [5.74, 6) is -0.337. The van der Waals surface area contributed by atoms with Crippen LogP contribution in [0.5, 0.6) is 5.75 Å². The Morgan fingerprint density at radius 3 is 2.78 bits per heavy atom. The maximum Gasteiger partial charge on any atom is 0.317 e. The average molecular weight is 385 g/mol. The lowest BCUT2D eigenvalue weighted by atomic mass is 9.85. The minimum absolute atomic E-state index is 0.0236. The van der Waals surface area contributed by atoms with Crippen LogP contribution in [0.4, 0.5) is 0 Å². The highest BCUT2D eigenvalue weighted by molar-refractivity contribution is 9.10. The van der Waals surface area contributed by atoms with Gasteiger partial charge in [-0.15, -0.1) is 0 Å². The Morgan fingerprint density at radius 2 is 2.17 bits per heavy atom. The van der Waals surface area contributed by atoms with Gasteiger partial charge in [0.25, 0.3) is 5.91 Å². The molecule has 0 radical (unpaired) electrons. The first-order chi connectivity index (χ1) is 11.0. The number of carbonyl (C=O) groups excluding carboxylic acids is 1. The van der Waals surface area contributed by atoms with Crippen molar-refractivity contribution in [2.75, 3.05) is 19.7 Å². The summed E-state index contributed by atoms with van der Waals surface area (Å²) in [6.45, 7) is 2.67. The van der Waals surface area contributed by atoms with E-state index in [0.29, 0.717) is 12.3 Å². The predicted molar refractivity (Wildman–Crippen MR) is 89.5 cm³/mol. The molecule has 0 spiro atoms. The van der Waals surface area contributed by atoms with E-state index in [0.717, 1.165) is 17.3 Å². The number of carboxylic acids is 1. The number of ether oxygens (including phenoxy) is 1. The molecule has 2 N–H and O–H groups in total. The van der Waals surface area contributed by atoms with Gasteiger partial charge in [-0.2, -0.15) is 0 Å². The summed E-state index contributed by atoms with van der Waals surface area (Å²) in [4.78, 5) is 24.6. The smallest absolute Gasteiger partial charge is 0.317 e. The van der Waals surface area contributed by atoms with Crippen molar-refractivity contribution in [2.24, 2.45) is 0 Å². The molecule has 0 saturated heterocycles. The van der Waals surface area contributed by atoms with Crippen LogP contribution in [-0.4, -0.2) is 53.7 Å². The monoisotopic (exact) mass is 384 g/mol. The van der Waals surface area contributed by atoms with Crippen molar-refractivity contribution < 1.29 is 19.4 Å². The summed E-state index contributed by atoms with van der Waals surface area (Å²) in [6, 6.07) is 7.65. The quantitative estimate of drug-likeness (QED) is 0.715. The molecule has 2 rings (SSSR count). The van der Waals surface area contributed by atoms with Gasteiger partial charge in [-0.1, -0.05) is 28.9 Å². The highest BCUT2D eigenvalue weighted by Crippen LogP contribution is 2.25. The Kier molecular flexibility index (Phi) is 6.41. The number of carbonyl (C=O) groups is 2. The van der Waals surface area contributed by atoms with Crippen molar-refractivity contribution >= 4 is 27.8 Å². The van der Waals surface area contributed by atoms with E-state index < -0.39 is 5.97 Å². The Hall–Kier alpha value is -1.60. The van der Waals surface area contributed by atoms with Crippen molar-refractivity contribution in [3.05, 3.63) is 28.7 Å². The molecule has 1 aliphatic rings. The van der Waals surface area contributed by atoms with E-state index in [4.69, 9.17) is 9.84 Å². The molecule has 0 unspecified atom stereocenters. The first-order valence-electron chi connectivity index (χ1n) is 7.61. The molecule has 0 aromatic heterocycles. The Bertz CT molecular complexity index is 561. The van der Waals surface area contributed by atoms with Gasteiger partial charge in [0.05, 0.1) is 6.54 Å². The number of nitrogens with one attached hydrogen (secondary N) is 1. The van der Waals surface area contributed by atoms with Gasteiger partial charge in [0.1, 0.15) is 5.75 Å². The Balaban J connectivity index is 1.68. The lowest BCUT2D eigenvalue weighted by Gasteiger charge is -2.42. The number of rotatable bonds is 8. The second-order valence-electron chi connectivity index (χ2n) is 5.59. The van der Waals surface area contributed by atoms with E-state index in [1.807, 2.05) is 24.0 Å². The molecular formula is C16H21BrN2O4. The number of carboxylic acid groups (broad SMARTS) is 1. The summed E-state index contributed by atoms with van der Waals surface area (Å²) < 4.78 is 6.33. The minimum Gasteiger partial charge on any atom is -0.484 e. The molecule has 1 aromatic rings. The number of halogens is 1. The Morgan fingerprint density at radius 1 is 1.43 bits per heavy atom. The van der Waals surface area contributed by atoms with E-state index >= 15 is 0 Å². The fourth-order valence-electron chi connectivity index (χ4n) is 2.65. The van der Waals surface area contributed by atoms with Crippen LogP contribution in [0.25, 0.3) is 0 Å². The summed E-state index contributed by atoms with van der Waals surface area (Å²) >= 11 is 3.35. The first-order valence-corrected chi connectivity index (χ1v) is 8.40. The van der Waals surface area contributed by atoms with Crippen LogP contribution in [-0.2, 0) is 9.59 Å². The molecule has 23 heavy (non-hydrogen) atoms. The van der Waals surface area contributed by atoms with Gasteiger partial charge in [0, 0.05) is 16.6 Å². The predicted octanol–water partition coefficient (Wildman–Crippen LogP) is 1.88. The largest absolute Gasteiger partial charge is 0.484 e. The van der Waals surface area contributed by atoms with Crippen molar-refractivity contribution in [3.63, 3.8) is 0 Å². The fraction of sp³-hybridized carbons (Fsp3) is 0.500. The van der Waals surface area contributed by atoms with Gasteiger partial charge in [-0.05, 0) is 37.6 Å². The minimum atomic E-state index is -0.818. The van der Waals surface area contributed by atoms with Gasteiger partial charge >= 0.3 is 5.97 Å². The third kappa shape index (κ3) is 5.51. The molecule has 6 nitrogen and oxygen atoms in total. The number of hydrogen-bond acceptors (Lipinski definition) is 4. The van der Waals surface area contributed by atoms with Crippen LogP contribution in [0.3, 0.4) is 0 Å². The normalized spacial score (nSPS) is 20.0. The van der Waals surface area contributed by atoms with Gasteiger partial charge in [-0.3, -0.25) is 14.5 Å². The van der Waals surface area contributed by atoms with Crippen LogP contribution in [0, 0.1) is 0 Å². The molecule has 1 fully saturated rings. The van der Waals surface area contributed by atoms with E-state index in [-0.39, 0.29) is 31.1 Å². The third-order valence-corrected chi connectivity index (χ3v) is 4.40. The highest BCUT2D eigenvalue weighted by atomic mass is 79.9. The van der Waals surface area contributed by atoms with E-state index in [1.165, 1.54) is 0 Å². The van der Waals surface area contributed by atoms with E-state index in [9.17, 15) is 9.59 Å². The zero-order valence-electron chi connectivity index (χ0n) is 13.0. The number of nitrogens with zero attached hydrogens (tertiary/aromatic N) is 1. The van der Waals surface area contributed by atoms with E-state index in [1.54, 1.807) is 12.1 Å². The van der Waals surface area contributed by atoms with Crippen molar-refractivity contribution in [3.8, 4) is 5.75 Å². The topological polar surface area (TPSA) is 78.9 Å². The van der Waals surface area contributed by atoms with Crippen LogP contribution in [0.1, 0.15) is 19.8 Å². The number of benzene rings is 1. The van der Waals surface area contributed by atoms with Crippen molar-refractivity contribution in [1.29, 1.82) is 0 Å². The average Bonchev–Trinajstić information content (AvgIpc) is 2.46. The fourth-order valence-corrected chi connectivity index (χ4v) is 3.03. The number of amides is 1. The van der Waals surface area contributed by atoms with Crippen LogP contribution in [0.2, 0.25) is 0 Å². The maximum absolute atomic E-state index is 11.9. The Labute approximate surface area is 143 Å². The summed E-state index contributed by atoms with van der Waals surface area (Å²) in [7, 11) is 0. The molecule has 0 atom stereocenters. The number of likely N-dealkylation sites (N-methyl/N-ethyl adjacent to an activating group) is 1. The standard InChI is InChI=1S/C16H21BrN2O4/c1-2-19(9-16(21)22)13-7-12(8-13)18-15(20)10-23-14-5-3-4-11(17)6-14/h3-6,12-13H,2,7-10H2,1H3,(H,18,20)(H,21,22). The summed E-state index contributed by atoms with van der Waals surface area (Å²) in [5, 5.41) is 11.8. The van der Waals surface area contributed by atoms with Crippen molar-refractivity contribution in [2.45, 2.75) is 31.8 Å². The highest BCUT2D eigenvalue weighted by Gasteiger charge is 2.34. The summed E-state index contributed by atoms with van der Waals surface area (Å²) in [5.41, 5.74) is 0. The molecule has 1 amide bonds. The maximum atomic E-state index is 11.9. The molecule has 0 bridgehead atoms. The van der Waals surface area contributed by atoms with Crippen LogP contribution >= 0.6 is 15.9 Å². The second-order valence-corrected chi connectivity index (χ2v) is 6.51. The SMILES string of the molecule is CCN(CC(=O)O)C1CC(NC(=O)COc2cccc(Br)c2)C1. The lowest BCUT2D eigenvalue weighted by Crippen LogP contribution is -2.55. The molecule has 0 aliphatic heterocycles. The molecule has 0 heterocycles. The molecular weight excluding hydrogens is 364 g/mol. The van der Waals surface area contributed by atoms with Crippen molar-refractivity contribution in [1.82, 2.24) is 10.2 Å².